The highest BCUT2D eigenvalue weighted by molar-refractivity contribution is 7.89. The fourth-order valence-electron chi connectivity index (χ4n) is 3.55. The van der Waals surface area contributed by atoms with Crippen molar-refractivity contribution in [3.8, 4) is 0 Å². The normalized spacial score (nSPS) is 15.3. The van der Waals surface area contributed by atoms with Crippen molar-refractivity contribution in [3.63, 3.8) is 0 Å². The highest BCUT2D eigenvalue weighted by Crippen LogP contribution is 2.18. The molecule has 2 aromatic rings. The van der Waals surface area contributed by atoms with Crippen LogP contribution in [0.15, 0.2) is 45.9 Å². The zero-order valence-electron chi connectivity index (χ0n) is 17.6. The maximum Gasteiger partial charge on any atom is 0.338 e. The minimum atomic E-state index is -3.86. The molecule has 1 fully saturated rings. The second kappa shape index (κ2) is 10.6. The summed E-state index contributed by atoms with van der Waals surface area (Å²) < 4.78 is 37.8. The number of furan rings is 1. The molecule has 2 N–H and O–H groups in total. The monoisotopic (exact) mass is 448 g/mol. The van der Waals surface area contributed by atoms with Crippen LogP contribution >= 0.6 is 0 Å². The summed E-state index contributed by atoms with van der Waals surface area (Å²) in [6.07, 6.45) is 7.84. The number of carbonyl (C=O) groups is 2. The smallest absolute Gasteiger partial charge is 0.338 e. The van der Waals surface area contributed by atoms with E-state index in [4.69, 9.17) is 9.15 Å². The maximum absolute atomic E-state index is 12.6. The molecule has 1 aliphatic rings. The van der Waals surface area contributed by atoms with Crippen LogP contribution in [0.2, 0.25) is 0 Å². The molecular weight excluding hydrogens is 420 g/mol. The molecule has 0 bridgehead atoms. The highest BCUT2D eigenvalue weighted by atomic mass is 32.2. The van der Waals surface area contributed by atoms with E-state index in [2.05, 4.69) is 10.0 Å². The summed E-state index contributed by atoms with van der Waals surface area (Å²) in [5.74, 6) is -0.617. The zero-order valence-corrected chi connectivity index (χ0v) is 18.4. The van der Waals surface area contributed by atoms with Gasteiger partial charge in [0.15, 0.2) is 6.61 Å². The summed E-state index contributed by atoms with van der Waals surface area (Å²) in [5, 5.41) is 2.92. The van der Waals surface area contributed by atoms with Crippen molar-refractivity contribution in [3.05, 3.63) is 53.5 Å². The Balaban J connectivity index is 1.59. The van der Waals surface area contributed by atoms with E-state index < -0.39 is 22.6 Å². The Labute approximate surface area is 182 Å². The number of hydrogen-bond acceptors (Lipinski definition) is 6. The van der Waals surface area contributed by atoms with E-state index >= 15 is 0 Å². The lowest BCUT2D eigenvalue weighted by Crippen LogP contribution is -2.37. The van der Waals surface area contributed by atoms with E-state index in [9.17, 15) is 18.0 Å². The predicted molar refractivity (Wildman–Crippen MR) is 114 cm³/mol. The molecule has 1 aromatic heterocycles. The van der Waals surface area contributed by atoms with E-state index in [0.29, 0.717) is 11.3 Å². The summed E-state index contributed by atoms with van der Waals surface area (Å²) in [5.41, 5.74) is 0.655. The Morgan fingerprint density at radius 1 is 1.13 bits per heavy atom. The van der Waals surface area contributed by atoms with Gasteiger partial charge in [0.1, 0.15) is 5.76 Å². The van der Waals surface area contributed by atoms with E-state index in [1.807, 2.05) is 0 Å². The SMILES string of the molecule is Cc1ccc(S(=O)(=O)NCc2ccco2)cc1C(=O)OCC(=O)NC1CCCCCC1. The second-order valence-electron chi connectivity index (χ2n) is 7.71. The van der Waals surface area contributed by atoms with Crippen molar-refractivity contribution < 1.29 is 27.2 Å². The number of amides is 1. The number of esters is 1. The van der Waals surface area contributed by atoms with Gasteiger partial charge in [-0.25, -0.2) is 17.9 Å². The number of rotatable bonds is 8. The molecule has 0 saturated heterocycles. The molecule has 8 nitrogen and oxygen atoms in total. The molecule has 0 unspecified atom stereocenters. The Morgan fingerprint density at radius 2 is 1.87 bits per heavy atom. The molecular formula is C22H28N2O6S. The summed E-state index contributed by atoms with van der Waals surface area (Å²) in [6.45, 7) is 1.27. The van der Waals surface area contributed by atoms with Crippen molar-refractivity contribution >= 4 is 21.9 Å². The molecule has 1 saturated carbocycles. The second-order valence-corrected chi connectivity index (χ2v) is 9.48. The van der Waals surface area contributed by atoms with Gasteiger partial charge in [-0.2, -0.15) is 0 Å². The lowest BCUT2D eigenvalue weighted by atomic mass is 10.1. The highest BCUT2D eigenvalue weighted by Gasteiger charge is 2.21. The van der Waals surface area contributed by atoms with Crippen LogP contribution in [0.1, 0.15) is 60.2 Å². The number of ether oxygens (including phenoxy) is 1. The summed E-state index contributed by atoms with van der Waals surface area (Å²) in [4.78, 5) is 24.6. The van der Waals surface area contributed by atoms with Gasteiger partial charge in [-0.15, -0.1) is 0 Å². The molecule has 0 aliphatic heterocycles. The first-order valence-electron chi connectivity index (χ1n) is 10.4. The van der Waals surface area contributed by atoms with Crippen molar-refractivity contribution in [1.29, 1.82) is 0 Å². The van der Waals surface area contributed by atoms with Crippen LogP contribution in [0.4, 0.5) is 0 Å². The number of carbonyl (C=O) groups excluding carboxylic acids is 2. The topological polar surface area (TPSA) is 115 Å². The van der Waals surface area contributed by atoms with Gasteiger partial charge in [0, 0.05) is 6.04 Å². The number of sulfonamides is 1. The minimum absolute atomic E-state index is 0.00960. The van der Waals surface area contributed by atoms with Gasteiger partial charge >= 0.3 is 5.97 Å². The Bertz CT molecular complexity index is 993. The van der Waals surface area contributed by atoms with Crippen molar-refractivity contribution in [2.45, 2.75) is 62.9 Å². The minimum Gasteiger partial charge on any atom is -0.468 e. The van der Waals surface area contributed by atoms with E-state index in [-0.39, 0.29) is 29.0 Å². The third-order valence-corrected chi connectivity index (χ3v) is 6.71. The molecule has 3 rings (SSSR count). The molecule has 1 amide bonds. The van der Waals surface area contributed by atoms with Gasteiger partial charge in [0.25, 0.3) is 5.91 Å². The first-order chi connectivity index (χ1) is 14.8. The van der Waals surface area contributed by atoms with Crippen molar-refractivity contribution in [1.82, 2.24) is 10.0 Å². The number of hydrogen-bond donors (Lipinski definition) is 2. The van der Waals surface area contributed by atoms with Crippen LogP contribution in [0.5, 0.6) is 0 Å². The quantitative estimate of drug-likeness (QED) is 0.474. The van der Waals surface area contributed by atoms with Crippen LogP contribution in [0, 0.1) is 6.92 Å². The fraction of sp³-hybridized carbons (Fsp3) is 0.455. The zero-order chi connectivity index (χ0) is 22.3. The lowest BCUT2D eigenvalue weighted by molar-refractivity contribution is -0.125. The molecule has 31 heavy (non-hydrogen) atoms. The Morgan fingerprint density at radius 3 is 2.55 bits per heavy atom. The maximum atomic E-state index is 12.6. The van der Waals surface area contributed by atoms with E-state index in [1.165, 1.54) is 37.3 Å². The standard InChI is InChI=1S/C22H28N2O6S/c1-16-10-11-19(31(27,28)23-14-18-9-6-12-29-18)13-20(16)22(26)30-15-21(25)24-17-7-4-2-3-5-8-17/h6,9-13,17,23H,2-5,7-8,14-15H2,1H3,(H,24,25). The average Bonchev–Trinajstić information content (AvgIpc) is 3.14. The molecule has 168 valence electrons. The lowest BCUT2D eigenvalue weighted by Gasteiger charge is -2.16. The molecule has 0 atom stereocenters. The Hall–Kier alpha value is -2.65. The average molecular weight is 449 g/mol. The van der Waals surface area contributed by atoms with Gasteiger partial charge < -0.3 is 14.5 Å². The third kappa shape index (κ3) is 6.67. The first-order valence-corrected chi connectivity index (χ1v) is 11.9. The van der Waals surface area contributed by atoms with E-state index in [0.717, 1.165) is 25.7 Å². The van der Waals surface area contributed by atoms with Crippen LogP contribution in [0.25, 0.3) is 0 Å². The van der Waals surface area contributed by atoms with Gasteiger partial charge in [-0.1, -0.05) is 31.7 Å². The molecule has 9 heteroatoms. The molecule has 0 spiro atoms. The predicted octanol–water partition coefficient (Wildman–Crippen LogP) is 3.06. The molecule has 1 heterocycles. The molecule has 0 radical (unpaired) electrons. The van der Waals surface area contributed by atoms with Gasteiger partial charge in [0.2, 0.25) is 10.0 Å². The van der Waals surface area contributed by atoms with Crippen LogP contribution < -0.4 is 10.0 Å². The van der Waals surface area contributed by atoms with Gasteiger partial charge in [-0.3, -0.25) is 4.79 Å². The van der Waals surface area contributed by atoms with Gasteiger partial charge in [-0.05, 0) is 49.6 Å². The number of nitrogens with one attached hydrogen (secondary N) is 2. The summed E-state index contributed by atoms with van der Waals surface area (Å²) in [6, 6.07) is 7.63. The van der Waals surface area contributed by atoms with Gasteiger partial charge in [0.05, 0.1) is 23.3 Å². The third-order valence-electron chi connectivity index (χ3n) is 5.31. The van der Waals surface area contributed by atoms with Crippen LogP contribution in [-0.2, 0) is 26.1 Å². The largest absolute Gasteiger partial charge is 0.468 e. The first kappa shape index (κ1) is 23.0. The van der Waals surface area contributed by atoms with Crippen molar-refractivity contribution in [2.24, 2.45) is 0 Å². The molecule has 1 aliphatic carbocycles. The number of benzene rings is 1. The summed E-state index contributed by atoms with van der Waals surface area (Å²) >= 11 is 0. The number of aryl methyl sites for hydroxylation is 1. The molecule has 1 aromatic carbocycles. The fourth-order valence-corrected chi connectivity index (χ4v) is 4.57. The summed E-state index contributed by atoms with van der Waals surface area (Å²) in [7, 11) is -3.86. The van der Waals surface area contributed by atoms with Crippen LogP contribution in [-0.4, -0.2) is 32.9 Å². The van der Waals surface area contributed by atoms with Crippen LogP contribution in [0.3, 0.4) is 0 Å². The van der Waals surface area contributed by atoms with Crippen molar-refractivity contribution in [2.75, 3.05) is 6.61 Å². The van der Waals surface area contributed by atoms with E-state index in [1.54, 1.807) is 19.1 Å². The Kier molecular flexibility index (Phi) is 7.86.